The molecular formula is C90H147NO8P+. The lowest BCUT2D eigenvalue weighted by Gasteiger charge is -2.24. The highest BCUT2D eigenvalue weighted by atomic mass is 31.2. The second-order valence-corrected chi connectivity index (χ2v) is 28.4. The number of nitrogens with zero attached hydrogens (tertiary/aromatic N) is 1. The number of quaternary nitrogens is 1. The summed E-state index contributed by atoms with van der Waals surface area (Å²) in [6, 6.07) is 0. The van der Waals surface area contributed by atoms with Crippen molar-refractivity contribution in [2.45, 2.75) is 302 Å². The third-order valence-corrected chi connectivity index (χ3v) is 17.3. The van der Waals surface area contributed by atoms with Crippen molar-refractivity contribution >= 4 is 19.8 Å². The summed E-state index contributed by atoms with van der Waals surface area (Å²) < 4.78 is 34.8. The molecule has 0 aromatic carbocycles. The maximum absolute atomic E-state index is 12.9. The van der Waals surface area contributed by atoms with Crippen molar-refractivity contribution < 1.29 is 42.1 Å². The van der Waals surface area contributed by atoms with E-state index in [1.165, 1.54) is 96.3 Å². The summed E-state index contributed by atoms with van der Waals surface area (Å²) >= 11 is 0. The quantitative estimate of drug-likeness (QED) is 0.0211. The lowest BCUT2D eigenvalue weighted by atomic mass is 10.0. The van der Waals surface area contributed by atoms with Crippen molar-refractivity contribution in [3.05, 3.63) is 207 Å². The molecule has 2 unspecified atom stereocenters. The van der Waals surface area contributed by atoms with Crippen LogP contribution < -0.4 is 0 Å². The minimum atomic E-state index is -4.41. The zero-order valence-corrected chi connectivity index (χ0v) is 65.2. The second kappa shape index (κ2) is 77.7. The number of phosphoric ester groups is 1. The fourth-order valence-electron chi connectivity index (χ4n) is 10.3. The molecule has 0 aliphatic heterocycles. The Morgan fingerprint density at radius 2 is 0.540 bits per heavy atom. The average Bonchev–Trinajstić information content (AvgIpc) is 1.02. The highest BCUT2D eigenvalue weighted by molar-refractivity contribution is 7.47. The van der Waals surface area contributed by atoms with E-state index in [9.17, 15) is 19.0 Å². The van der Waals surface area contributed by atoms with E-state index in [0.717, 1.165) is 167 Å². The topological polar surface area (TPSA) is 108 Å². The van der Waals surface area contributed by atoms with Crippen LogP contribution in [-0.2, 0) is 32.7 Å². The van der Waals surface area contributed by atoms with Crippen LogP contribution >= 0.6 is 7.82 Å². The number of rotatable bonds is 71. The second-order valence-electron chi connectivity index (χ2n) is 27.0. The SMILES string of the molecule is CC/C=C\C/C=C\C/C=C\C/C=C\C/C=C\C/C=C\C/C=C\C/C=C\C/C=C\C/C=C\CCCCCCCCC(=O)OC(COC(=O)CCCCCCCCCCCCCCCCCCC/C=C\C/C=C\C/C=C\C/C=C\C/C=C\C/C=C\C/C=C\CC)COP(=O)(O)OCC[N+](C)(C)C. The number of hydrogen-bond donors (Lipinski definition) is 1. The standard InChI is InChI=1S/C90H146NO8P/c1-6-8-10-12-14-16-18-20-22-24-26-28-30-32-34-36-38-40-42-44-45-47-48-50-52-54-56-58-60-62-64-66-68-70-72-74-76-78-80-82-89(92)96-86-88(87-98-100(94,95)97-85-84-91(3,4)5)99-90(93)83-81-79-77-75-73-71-69-67-65-63-61-59-57-55-53-51-49-46-43-41-39-37-35-33-31-29-27-25-23-21-19-17-15-13-11-9-7-2/h8-11,14-17,20-23,26-29,32-35,38-41,44-46,49,53,55,59,61,65,67,88H,6-7,12-13,18-19,24-25,30-31,36-37,42-43,47-48,50-52,54,56-58,60,62-64,66,68-87H2,1-5H3/p+1/b10-8-,11-9-,16-14-,17-15-,22-20-,23-21-,28-26-,29-27-,34-32-,35-33-,40-38-,41-39-,45-44-,49-46-,55-53-,61-59-,67-65-. The van der Waals surface area contributed by atoms with Crippen molar-refractivity contribution in [1.29, 1.82) is 0 Å². The smallest absolute Gasteiger partial charge is 0.462 e. The summed E-state index contributed by atoms with van der Waals surface area (Å²) in [5.41, 5.74) is 0. The maximum Gasteiger partial charge on any atom is 0.472 e. The van der Waals surface area contributed by atoms with Gasteiger partial charge in [0.2, 0.25) is 0 Å². The van der Waals surface area contributed by atoms with Gasteiger partial charge in [-0.1, -0.05) is 342 Å². The number of carbonyl (C=O) groups is 2. The summed E-state index contributed by atoms with van der Waals surface area (Å²) in [6.07, 6.45) is 122. The van der Waals surface area contributed by atoms with Gasteiger partial charge < -0.3 is 18.9 Å². The van der Waals surface area contributed by atoms with Crippen LogP contribution in [0.5, 0.6) is 0 Å². The summed E-state index contributed by atoms with van der Waals surface area (Å²) in [6.45, 7) is 4.18. The van der Waals surface area contributed by atoms with Gasteiger partial charge in [-0.05, 0) is 148 Å². The summed E-state index contributed by atoms with van der Waals surface area (Å²) in [5.74, 6) is -0.821. The van der Waals surface area contributed by atoms with E-state index >= 15 is 0 Å². The molecule has 1 N–H and O–H groups in total. The summed E-state index contributed by atoms with van der Waals surface area (Å²) in [5, 5.41) is 0. The van der Waals surface area contributed by atoms with Gasteiger partial charge in [0.05, 0.1) is 27.7 Å². The monoisotopic (exact) mass is 1400 g/mol. The molecule has 0 spiro atoms. The number of likely N-dealkylation sites (N-methyl/N-ethyl adjacent to an activating group) is 1. The van der Waals surface area contributed by atoms with Gasteiger partial charge in [0.15, 0.2) is 6.10 Å². The van der Waals surface area contributed by atoms with Crippen LogP contribution in [0.1, 0.15) is 296 Å². The van der Waals surface area contributed by atoms with Gasteiger partial charge in [0, 0.05) is 12.8 Å². The largest absolute Gasteiger partial charge is 0.472 e. The number of esters is 2. The van der Waals surface area contributed by atoms with E-state index in [4.69, 9.17) is 18.5 Å². The van der Waals surface area contributed by atoms with Gasteiger partial charge in [0.25, 0.3) is 0 Å². The molecule has 0 radical (unpaired) electrons. The highest BCUT2D eigenvalue weighted by Gasteiger charge is 2.27. The Hall–Kier alpha value is -5.41. The van der Waals surface area contributed by atoms with Crippen LogP contribution in [0.25, 0.3) is 0 Å². The zero-order valence-electron chi connectivity index (χ0n) is 64.3. The van der Waals surface area contributed by atoms with Gasteiger partial charge in [-0.2, -0.15) is 0 Å². The molecule has 0 heterocycles. The molecule has 0 aromatic rings. The first kappa shape index (κ1) is 94.6. The molecule has 2 atom stereocenters. The van der Waals surface area contributed by atoms with Crippen LogP contribution in [0.3, 0.4) is 0 Å². The third kappa shape index (κ3) is 81.6. The number of hydrogen-bond acceptors (Lipinski definition) is 7. The van der Waals surface area contributed by atoms with E-state index < -0.39 is 26.5 Å². The van der Waals surface area contributed by atoms with Crippen LogP contribution in [0.15, 0.2) is 207 Å². The van der Waals surface area contributed by atoms with Crippen LogP contribution in [0.4, 0.5) is 0 Å². The molecule has 0 saturated carbocycles. The minimum absolute atomic E-state index is 0.0193. The van der Waals surface area contributed by atoms with Gasteiger partial charge in [-0.25, -0.2) is 4.57 Å². The molecule has 0 bridgehead atoms. The molecule has 0 amide bonds. The van der Waals surface area contributed by atoms with Crippen molar-refractivity contribution in [2.75, 3.05) is 47.5 Å². The predicted molar refractivity (Wildman–Crippen MR) is 435 cm³/mol. The number of unbranched alkanes of at least 4 members (excludes halogenated alkanes) is 23. The minimum Gasteiger partial charge on any atom is -0.462 e. The van der Waals surface area contributed by atoms with Gasteiger partial charge in [-0.3, -0.25) is 18.6 Å². The molecule has 9 nitrogen and oxygen atoms in total. The van der Waals surface area contributed by atoms with Gasteiger partial charge >= 0.3 is 19.8 Å². The lowest BCUT2D eigenvalue weighted by Crippen LogP contribution is -2.37. The Morgan fingerprint density at radius 1 is 0.310 bits per heavy atom. The summed E-state index contributed by atoms with van der Waals surface area (Å²) in [7, 11) is 1.45. The van der Waals surface area contributed by atoms with E-state index in [-0.39, 0.29) is 32.0 Å². The van der Waals surface area contributed by atoms with Crippen LogP contribution in [0, 0.1) is 0 Å². The van der Waals surface area contributed by atoms with Crippen molar-refractivity contribution in [2.24, 2.45) is 0 Å². The van der Waals surface area contributed by atoms with E-state index in [2.05, 4.69) is 220 Å². The predicted octanol–water partition coefficient (Wildman–Crippen LogP) is 26.9. The third-order valence-electron chi connectivity index (χ3n) is 16.3. The first-order valence-corrected chi connectivity index (χ1v) is 41.3. The van der Waals surface area contributed by atoms with Gasteiger partial charge in [-0.15, -0.1) is 0 Å². The van der Waals surface area contributed by atoms with Crippen molar-refractivity contribution in [1.82, 2.24) is 0 Å². The Balaban J connectivity index is 4.08. The molecule has 100 heavy (non-hydrogen) atoms. The van der Waals surface area contributed by atoms with Crippen LogP contribution in [-0.4, -0.2) is 74.9 Å². The Labute approximate surface area is 615 Å². The Bertz CT molecular complexity index is 2450. The highest BCUT2D eigenvalue weighted by Crippen LogP contribution is 2.43. The van der Waals surface area contributed by atoms with Crippen molar-refractivity contribution in [3.63, 3.8) is 0 Å². The molecule has 0 rings (SSSR count). The van der Waals surface area contributed by atoms with Gasteiger partial charge in [0.1, 0.15) is 19.8 Å². The number of phosphoric acid groups is 1. The molecule has 0 fully saturated rings. The van der Waals surface area contributed by atoms with E-state index in [1.807, 2.05) is 21.1 Å². The summed E-state index contributed by atoms with van der Waals surface area (Å²) in [4.78, 5) is 36.0. The Kier molecular flexibility index (Phi) is 73.5. The molecule has 0 saturated heterocycles. The molecule has 0 aliphatic carbocycles. The molecule has 564 valence electrons. The fraction of sp³-hybridized carbons (Fsp3) is 0.600. The first-order valence-electron chi connectivity index (χ1n) is 39.8. The number of carbonyl (C=O) groups excluding carboxylic acids is 2. The molecule has 0 aliphatic rings. The van der Waals surface area contributed by atoms with Crippen molar-refractivity contribution in [3.8, 4) is 0 Å². The van der Waals surface area contributed by atoms with E-state index in [0.29, 0.717) is 17.4 Å². The van der Waals surface area contributed by atoms with E-state index in [1.54, 1.807) is 0 Å². The number of allylic oxidation sites excluding steroid dienone is 34. The molecule has 0 aromatic heterocycles. The number of ether oxygens (including phenoxy) is 2. The average molecular weight is 1400 g/mol. The fourth-order valence-corrected chi connectivity index (χ4v) is 11.1. The normalized spacial score (nSPS) is 14.2. The Morgan fingerprint density at radius 3 is 0.800 bits per heavy atom. The molecule has 10 heteroatoms. The molecular weight excluding hydrogens is 1250 g/mol. The maximum atomic E-state index is 12.9. The lowest BCUT2D eigenvalue weighted by molar-refractivity contribution is -0.870. The van der Waals surface area contributed by atoms with Crippen LogP contribution in [0.2, 0.25) is 0 Å². The first-order chi connectivity index (χ1) is 49.0. The zero-order chi connectivity index (χ0) is 72.5.